The highest BCUT2D eigenvalue weighted by Crippen LogP contribution is 2.33. The van der Waals surface area contributed by atoms with E-state index in [2.05, 4.69) is 33.8 Å². The fourth-order valence-electron chi connectivity index (χ4n) is 2.84. The lowest BCUT2D eigenvalue weighted by molar-refractivity contribution is 0.235. The number of rotatable bonds is 3. The van der Waals surface area contributed by atoms with Gasteiger partial charge in [0.1, 0.15) is 5.82 Å². The van der Waals surface area contributed by atoms with E-state index in [-0.39, 0.29) is 12.6 Å². The summed E-state index contributed by atoms with van der Waals surface area (Å²) < 4.78 is 2.11. The van der Waals surface area contributed by atoms with Crippen LogP contribution < -0.4 is 0 Å². The van der Waals surface area contributed by atoms with Gasteiger partial charge < -0.3 is 9.67 Å². The highest BCUT2D eigenvalue weighted by atomic mass is 16.3. The van der Waals surface area contributed by atoms with Gasteiger partial charge in [0.15, 0.2) is 0 Å². The number of aliphatic hydroxyl groups excluding tert-OH is 1. The van der Waals surface area contributed by atoms with Crippen LogP contribution in [0.15, 0.2) is 36.7 Å². The Balaban J connectivity index is 1.89. The monoisotopic (exact) mass is 242 g/mol. The van der Waals surface area contributed by atoms with Crippen molar-refractivity contribution >= 4 is 0 Å². The summed E-state index contributed by atoms with van der Waals surface area (Å²) in [6.07, 6.45) is 5.93. The maximum absolute atomic E-state index is 9.30. The lowest BCUT2D eigenvalue weighted by atomic mass is 10.1. The quantitative estimate of drug-likeness (QED) is 0.897. The molecule has 1 unspecified atom stereocenters. The second kappa shape index (κ2) is 4.58. The number of hydrogen-bond acceptors (Lipinski definition) is 2. The largest absolute Gasteiger partial charge is 0.394 e. The molecule has 18 heavy (non-hydrogen) atoms. The van der Waals surface area contributed by atoms with Crippen molar-refractivity contribution in [3.8, 4) is 0 Å². The molecule has 1 heterocycles. The van der Waals surface area contributed by atoms with Gasteiger partial charge in [-0.15, -0.1) is 0 Å². The van der Waals surface area contributed by atoms with E-state index in [1.165, 1.54) is 11.1 Å². The Morgan fingerprint density at radius 3 is 2.61 bits per heavy atom. The molecule has 0 saturated heterocycles. The molecule has 94 valence electrons. The first-order valence-electron chi connectivity index (χ1n) is 6.50. The lowest BCUT2D eigenvalue weighted by Crippen LogP contribution is -2.15. The van der Waals surface area contributed by atoms with Crippen LogP contribution in [0.4, 0.5) is 0 Å². The maximum Gasteiger partial charge on any atom is 0.112 e. The lowest BCUT2D eigenvalue weighted by Gasteiger charge is -2.17. The van der Waals surface area contributed by atoms with Gasteiger partial charge in [-0.25, -0.2) is 4.98 Å². The summed E-state index contributed by atoms with van der Waals surface area (Å²) in [6, 6.07) is 8.72. The average Bonchev–Trinajstić information content (AvgIpc) is 3.03. The molecule has 1 N–H and O–H groups in total. The van der Waals surface area contributed by atoms with Gasteiger partial charge in [0.25, 0.3) is 0 Å². The van der Waals surface area contributed by atoms with Gasteiger partial charge in [0, 0.05) is 18.3 Å². The van der Waals surface area contributed by atoms with Gasteiger partial charge in [-0.05, 0) is 30.9 Å². The highest BCUT2D eigenvalue weighted by Gasteiger charge is 2.26. The summed E-state index contributed by atoms with van der Waals surface area (Å²) in [5, 5.41) is 9.30. The minimum atomic E-state index is 0.103. The van der Waals surface area contributed by atoms with E-state index >= 15 is 0 Å². The topological polar surface area (TPSA) is 38.0 Å². The summed E-state index contributed by atoms with van der Waals surface area (Å²) in [5.41, 5.74) is 2.88. The van der Waals surface area contributed by atoms with E-state index in [1.807, 2.05) is 19.3 Å². The molecule has 1 aromatic carbocycles. The van der Waals surface area contributed by atoms with E-state index in [0.29, 0.717) is 5.92 Å². The van der Waals surface area contributed by atoms with Crippen molar-refractivity contribution in [2.75, 3.05) is 6.61 Å². The second-order valence-electron chi connectivity index (χ2n) is 5.10. The van der Waals surface area contributed by atoms with Crippen molar-refractivity contribution in [1.29, 1.82) is 0 Å². The van der Waals surface area contributed by atoms with Gasteiger partial charge in [0.2, 0.25) is 0 Å². The third kappa shape index (κ3) is 1.85. The molecule has 1 atom stereocenters. The van der Waals surface area contributed by atoms with Crippen LogP contribution in [0, 0.1) is 0 Å². The van der Waals surface area contributed by atoms with Gasteiger partial charge in [-0.2, -0.15) is 0 Å². The van der Waals surface area contributed by atoms with Crippen LogP contribution in [0.2, 0.25) is 0 Å². The number of fused-ring (bicyclic) bond motifs is 1. The predicted molar refractivity (Wildman–Crippen MR) is 70.6 cm³/mol. The van der Waals surface area contributed by atoms with Crippen LogP contribution in [-0.2, 0) is 12.8 Å². The Labute approximate surface area is 107 Å². The molecule has 2 aromatic rings. The second-order valence-corrected chi connectivity index (χ2v) is 5.10. The standard InChI is InChI=1S/C15H18N2O/c1-11(10-18)17-7-6-16-15(17)14-8-12-4-2-3-5-13(12)9-14/h2-7,11,14,18H,8-10H2,1H3. The van der Waals surface area contributed by atoms with E-state index in [9.17, 15) is 5.11 Å². The molecule has 1 aliphatic carbocycles. The molecule has 3 nitrogen and oxygen atoms in total. The van der Waals surface area contributed by atoms with Crippen LogP contribution in [0.1, 0.15) is 35.8 Å². The zero-order chi connectivity index (χ0) is 12.5. The third-order valence-corrected chi connectivity index (χ3v) is 3.85. The molecule has 0 bridgehead atoms. The molecule has 0 fully saturated rings. The number of aliphatic hydroxyl groups is 1. The first-order chi connectivity index (χ1) is 8.79. The van der Waals surface area contributed by atoms with Crippen molar-refractivity contribution in [2.24, 2.45) is 0 Å². The molecular weight excluding hydrogens is 224 g/mol. The third-order valence-electron chi connectivity index (χ3n) is 3.85. The molecule has 0 radical (unpaired) electrons. The average molecular weight is 242 g/mol. The van der Waals surface area contributed by atoms with Crippen molar-refractivity contribution < 1.29 is 5.11 Å². The van der Waals surface area contributed by atoms with E-state index in [4.69, 9.17) is 0 Å². The van der Waals surface area contributed by atoms with E-state index < -0.39 is 0 Å². The molecule has 3 rings (SSSR count). The predicted octanol–water partition coefficient (Wildman–Crippen LogP) is 2.32. The van der Waals surface area contributed by atoms with Crippen LogP contribution in [0.25, 0.3) is 0 Å². The molecule has 0 saturated carbocycles. The van der Waals surface area contributed by atoms with Crippen LogP contribution in [0.5, 0.6) is 0 Å². The van der Waals surface area contributed by atoms with Gasteiger partial charge in [0.05, 0.1) is 12.6 Å². The Morgan fingerprint density at radius 2 is 2.00 bits per heavy atom. The summed E-state index contributed by atoms with van der Waals surface area (Å²) >= 11 is 0. The number of nitrogens with zero attached hydrogens (tertiary/aromatic N) is 2. The smallest absolute Gasteiger partial charge is 0.112 e. The summed E-state index contributed by atoms with van der Waals surface area (Å²) in [6.45, 7) is 2.18. The van der Waals surface area contributed by atoms with Gasteiger partial charge in [-0.3, -0.25) is 0 Å². The van der Waals surface area contributed by atoms with Gasteiger partial charge in [-0.1, -0.05) is 24.3 Å². The van der Waals surface area contributed by atoms with Crippen molar-refractivity contribution in [3.05, 3.63) is 53.6 Å². The summed E-state index contributed by atoms with van der Waals surface area (Å²) in [4.78, 5) is 4.50. The number of imidazole rings is 1. The maximum atomic E-state index is 9.30. The molecule has 3 heteroatoms. The van der Waals surface area contributed by atoms with Crippen molar-refractivity contribution in [2.45, 2.75) is 31.7 Å². The van der Waals surface area contributed by atoms with Crippen LogP contribution in [-0.4, -0.2) is 21.3 Å². The fourth-order valence-corrected chi connectivity index (χ4v) is 2.84. The minimum absolute atomic E-state index is 0.103. The molecular formula is C15H18N2O. The Morgan fingerprint density at radius 1 is 1.33 bits per heavy atom. The molecule has 1 aliphatic rings. The number of benzene rings is 1. The number of hydrogen-bond donors (Lipinski definition) is 1. The fraction of sp³-hybridized carbons (Fsp3) is 0.400. The molecule has 1 aromatic heterocycles. The van der Waals surface area contributed by atoms with E-state index in [0.717, 1.165) is 18.7 Å². The zero-order valence-electron chi connectivity index (χ0n) is 10.6. The Bertz CT molecular complexity index is 522. The normalized spacial score (nSPS) is 16.8. The summed E-state index contributed by atoms with van der Waals surface area (Å²) in [7, 11) is 0. The van der Waals surface area contributed by atoms with Gasteiger partial charge >= 0.3 is 0 Å². The van der Waals surface area contributed by atoms with Crippen molar-refractivity contribution in [3.63, 3.8) is 0 Å². The number of aromatic nitrogens is 2. The van der Waals surface area contributed by atoms with E-state index in [1.54, 1.807) is 0 Å². The zero-order valence-corrected chi connectivity index (χ0v) is 10.6. The molecule has 0 spiro atoms. The van der Waals surface area contributed by atoms with Crippen molar-refractivity contribution in [1.82, 2.24) is 9.55 Å². The SMILES string of the molecule is CC(CO)n1ccnc1C1Cc2ccccc2C1. The Kier molecular flexibility index (Phi) is 2.92. The molecule has 0 aliphatic heterocycles. The minimum Gasteiger partial charge on any atom is -0.394 e. The molecule has 0 amide bonds. The first kappa shape index (κ1) is 11.5. The van der Waals surface area contributed by atoms with Crippen LogP contribution in [0.3, 0.4) is 0 Å². The highest BCUT2D eigenvalue weighted by molar-refractivity contribution is 5.35. The first-order valence-corrected chi connectivity index (χ1v) is 6.50. The Hall–Kier alpha value is -1.61. The summed E-state index contributed by atoms with van der Waals surface area (Å²) in [5.74, 6) is 1.55. The van der Waals surface area contributed by atoms with Crippen LogP contribution >= 0.6 is 0 Å².